The number of aromatic nitrogens is 3. The van der Waals surface area contributed by atoms with Gasteiger partial charge in [0.2, 0.25) is 5.91 Å². The Morgan fingerprint density at radius 3 is 3.05 bits per heavy atom. The third kappa shape index (κ3) is 1.80. The lowest BCUT2D eigenvalue weighted by Gasteiger charge is -2.17. The Morgan fingerprint density at radius 1 is 1.38 bits per heavy atom. The molecule has 2 atom stereocenters. The molecule has 4 heterocycles. The van der Waals surface area contributed by atoms with Crippen LogP contribution in [0.2, 0.25) is 0 Å². The molecule has 0 aromatic carbocycles. The topological polar surface area (TPSA) is 80.1 Å². The van der Waals surface area contributed by atoms with Crippen LogP contribution in [-0.2, 0) is 11.8 Å². The maximum absolute atomic E-state index is 12.6. The standard InChI is InChI=1S/C14H15N5O2/c1-18-12-2-8(3-15-11(12)5-17-18)14(21)19-6-9-4-16-13(20)10(9)7-19/h2-3,5,9-10H,4,6-7H2,1H3,(H,16,20)/t9-,10+/m0/s1. The molecule has 2 saturated heterocycles. The molecule has 2 aliphatic rings. The highest BCUT2D eigenvalue weighted by Gasteiger charge is 2.43. The molecule has 7 nitrogen and oxygen atoms in total. The van der Waals surface area contributed by atoms with Crippen molar-refractivity contribution in [1.29, 1.82) is 0 Å². The fraction of sp³-hybridized carbons (Fsp3) is 0.429. The molecule has 0 aliphatic carbocycles. The molecule has 2 aromatic rings. The van der Waals surface area contributed by atoms with Crippen molar-refractivity contribution < 1.29 is 9.59 Å². The summed E-state index contributed by atoms with van der Waals surface area (Å²) in [6, 6.07) is 1.81. The number of hydrogen-bond donors (Lipinski definition) is 1. The molecule has 4 rings (SSSR count). The van der Waals surface area contributed by atoms with E-state index in [1.165, 1.54) is 0 Å². The third-order valence-electron chi connectivity index (χ3n) is 4.45. The zero-order valence-corrected chi connectivity index (χ0v) is 11.6. The Bertz CT molecular complexity index is 753. The minimum Gasteiger partial charge on any atom is -0.355 e. The van der Waals surface area contributed by atoms with Crippen LogP contribution in [-0.4, -0.2) is 51.1 Å². The number of nitrogens with one attached hydrogen (secondary N) is 1. The lowest BCUT2D eigenvalue weighted by Crippen LogP contribution is -2.33. The lowest BCUT2D eigenvalue weighted by atomic mass is 10.0. The van der Waals surface area contributed by atoms with Gasteiger partial charge in [-0.3, -0.25) is 19.3 Å². The lowest BCUT2D eigenvalue weighted by molar-refractivity contribution is -0.122. The normalized spacial score (nSPS) is 24.4. The van der Waals surface area contributed by atoms with Crippen LogP contribution in [0.25, 0.3) is 11.0 Å². The molecule has 21 heavy (non-hydrogen) atoms. The number of hydrogen-bond acceptors (Lipinski definition) is 4. The fourth-order valence-corrected chi connectivity index (χ4v) is 3.23. The van der Waals surface area contributed by atoms with E-state index in [1.807, 2.05) is 13.1 Å². The summed E-state index contributed by atoms with van der Waals surface area (Å²) >= 11 is 0. The molecule has 2 aliphatic heterocycles. The first-order valence-electron chi connectivity index (χ1n) is 6.98. The Labute approximate surface area is 120 Å². The van der Waals surface area contributed by atoms with Gasteiger partial charge in [-0.1, -0.05) is 0 Å². The molecule has 0 bridgehead atoms. The smallest absolute Gasteiger partial charge is 0.255 e. The van der Waals surface area contributed by atoms with Gasteiger partial charge in [0.15, 0.2) is 0 Å². The van der Waals surface area contributed by atoms with E-state index < -0.39 is 0 Å². The van der Waals surface area contributed by atoms with Crippen molar-refractivity contribution in [2.75, 3.05) is 19.6 Å². The van der Waals surface area contributed by atoms with Gasteiger partial charge in [-0.15, -0.1) is 0 Å². The monoisotopic (exact) mass is 285 g/mol. The molecule has 0 radical (unpaired) electrons. The number of aryl methyl sites for hydroxylation is 1. The highest BCUT2D eigenvalue weighted by molar-refractivity contribution is 5.97. The number of amides is 2. The Balaban J connectivity index is 1.62. The molecule has 0 saturated carbocycles. The maximum Gasteiger partial charge on any atom is 0.255 e. The van der Waals surface area contributed by atoms with Gasteiger partial charge in [0, 0.05) is 38.8 Å². The van der Waals surface area contributed by atoms with Crippen LogP contribution in [0, 0.1) is 11.8 Å². The first-order valence-corrected chi connectivity index (χ1v) is 6.98. The van der Waals surface area contributed by atoms with Gasteiger partial charge in [-0.05, 0) is 6.07 Å². The molecule has 0 unspecified atom stereocenters. The van der Waals surface area contributed by atoms with E-state index in [0.717, 1.165) is 11.0 Å². The Morgan fingerprint density at radius 2 is 2.24 bits per heavy atom. The first-order chi connectivity index (χ1) is 10.1. The van der Waals surface area contributed by atoms with E-state index in [1.54, 1.807) is 22.0 Å². The zero-order valence-electron chi connectivity index (χ0n) is 11.6. The first kappa shape index (κ1) is 12.3. The number of pyridine rings is 1. The summed E-state index contributed by atoms with van der Waals surface area (Å²) in [5.41, 5.74) is 2.15. The molecule has 2 amide bonds. The quantitative estimate of drug-likeness (QED) is 0.786. The summed E-state index contributed by atoms with van der Waals surface area (Å²) in [4.78, 5) is 30.3. The minimum absolute atomic E-state index is 0.0534. The van der Waals surface area contributed by atoms with Crippen LogP contribution in [0.1, 0.15) is 10.4 Å². The van der Waals surface area contributed by atoms with Crippen LogP contribution >= 0.6 is 0 Å². The van der Waals surface area contributed by atoms with Crippen molar-refractivity contribution in [3.8, 4) is 0 Å². The summed E-state index contributed by atoms with van der Waals surface area (Å²) in [6.45, 7) is 1.80. The number of likely N-dealkylation sites (tertiary alicyclic amines) is 1. The van der Waals surface area contributed by atoms with Crippen molar-refractivity contribution >= 4 is 22.8 Å². The van der Waals surface area contributed by atoms with Crippen molar-refractivity contribution in [1.82, 2.24) is 25.0 Å². The Kier molecular flexibility index (Phi) is 2.51. The molecule has 2 aromatic heterocycles. The van der Waals surface area contributed by atoms with Crippen LogP contribution in [0.15, 0.2) is 18.5 Å². The van der Waals surface area contributed by atoms with Crippen LogP contribution in [0.3, 0.4) is 0 Å². The molecular formula is C14H15N5O2. The maximum atomic E-state index is 12.6. The van der Waals surface area contributed by atoms with Crippen molar-refractivity contribution in [3.63, 3.8) is 0 Å². The molecule has 0 spiro atoms. The van der Waals surface area contributed by atoms with E-state index in [-0.39, 0.29) is 23.7 Å². The molecular weight excluding hydrogens is 270 g/mol. The number of rotatable bonds is 1. The van der Waals surface area contributed by atoms with Gasteiger partial charge in [0.1, 0.15) is 5.52 Å². The predicted molar refractivity (Wildman–Crippen MR) is 74.4 cm³/mol. The number of fused-ring (bicyclic) bond motifs is 2. The van der Waals surface area contributed by atoms with E-state index in [4.69, 9.17) is 0 Å². The average Bonchev–Trinajstić information content (AvgIpc) is 3.16. The van der Waals surface area contributed by atoms with Crippen molar-refractivity contribution in [3.05, 3.63) is 24.0 Å². The third-order valence-corrected chi connectivity index (χ3v) is 4.45. The van der Waals surface area contributed by atoms with Gasteiger partial charge >= 0.3 is 0 Å². The number of carbonyl (C=O) groups is 2. The van der Waals surface area contributed by atoms with E-state index in [2.05, 4.69) is 15.4 Å². The zero-order chi connectivity index (χ0) is 14.6. The van der Waals surface area contributed by atoms with Gasteiger partial charge < -0.3 is 10.2 Å². The van der Waals surface area contributed by atoms with E-state index >= 15 is 0 Å². The van der Waals surface area contributed by atoms with Gasteiger partial charge in [-0.2, -0.15) is 5.10 Å². The summed E-state index contributed by atoms with van der Waals surface area (Å²) in [5.74, 6) is 0.195. The fourth-order valence-electron chi connectivity index (χ4n) is 3.23. The molecule has 1 N–H and O–H groups in total. The van der Waals surface area contributed by atoms with E-state index in [9.17, 15) is 9.59 Å². The van der Waals surface area contributed by atoms with E-state index in [0.29, 0.717) is 25.2 Å². The second-order valence-corrected chi connectivity index (χ2v) is 5.72. The van der Waals surface area contributed by atoms with Crippen LogP contribution in [0.5, 0.6) is 0 Å². The van der Waals surface area contributed by atoms with Gasteiger partial charge in [0.05, 0.1) is 23.2 Å². The van der Waals surface area contributed by atoms with Crippen LogP contribution < -0.4 is 5.32 Å². The molecule has 108 valence electrons. The van der Waals surface area contributed by atoms with Gasteiger partial charge in [-0.25, -0.2) is 0 Å². The summed E-state index contributed by atoms with van der Waals surface area (Å²) in [5, 5.41) is 6.97. The van der Waals surface area contributed by atoms with Crippen molar-refractivity contribution in [2.45, 2.75) is 0 Å². The highest BCUT2D eigenvalue weighted by Crippen LogP contribution is 2.28. The van der Waals surface area contributed by atoms with Gasteiger partial charge in [0.25, 0.3) is 5.91 Å². The minimum atomic E-state index is -0.0622. The molecule has 2 fully saturated rings. The Hall–Kier alpha value is -2.44. The number of nitrogens with zero attached hydrogens (tertiary/aromatic N) is 4. The summed E-state index contributed by atoms with van der Waals surface area (Å²) in [6.07, 6.45) is 3.26. The number of carbonyl (C=O) groups excluding carboxylic acids is 2. The predicted octanol–water partition coefficient (Wildman–Crippen LogP) is -0.214. The summed E-state index contributed by atoms with van der Waals surface area (Å²) in [7, 11) is 1.82. The SMILES string of the molecule is Cn1ncc2ncc(C(=O)N3C[C@@H]4CNC(=O)[C@@H]4C3)cc21. The van der Waals surface area contributed by atoms with Crippen LogP contribution in [0.4, 0.5) is 0 Å². The highest BCUT2D eigenvalue weighted by atomic mass is 16.2. The summed E-state index contributed by atoms with van der Waals surface area (Å²) < 4.78 is 1.70. The second-order valence-electron chi connectivity index (χ2n) is 5.72. The second kappa shape index (κ2) is 4.28. The largest absolute Gasteiger partial charge is 0.355 e. The molecule has 7 heteroatoms. The van der Waals surface area contributed by atoms with Crippen molar-refractivity contribution in [2.24, 2.45) is 18.9 Å². The average molecular weight is 285 g/mol.